The lowest BCUT2D eigenvalue weighted by molar-refractivity contribution is -0.367. The first-order chi connectivity index (χ1) is 45.5. The molecule has 6 aliphatic heterocycles. The summed E-state index contributed by atoms with van der Waals surface area (Å²) in [4.78, 5) is 0. The maximum absolute atomic E-state index is 12.9. The summed E-state index contributed by atoms with van der Waals surface area (Å²) >= 11 is 0. The first-order valence-corrected chi connectivity index (χ1v) is 34.7. The molecule has 0 bridgehead atoms. The van der Waals surface area contributed by atoms with Gasteiger partial charge in [-0.3, -0.25) is 0 Å². The highest BCUT2D eigenvalue weighted by Gasteiger charge is 2.71. The summed E-state index contributed by atoms with van der Waals surface area (Å²) in [6, 6.07) is 0. The molecule has 0 aromatic rings. The fourth-order valence-corrected chi connectivity index (χ4v) is 18.3. The van der Waals surface area contributed by atoms with Crippen LogP contribution in [0.2, 0.25) is 0 Å². The van der Waals surface area contributed by atoms with Gasteiger partial charge in [0.05, 0.1) is 88.0 Å². The fourth-order valence-electron chi connectivity index (χ4n) is 18.3. The Kier molecular flexibility index (Phi) is 24.9. The van der Waals surface area contributed by atoms with Gasteiger partial charge in [0, 0.05) is 30.1 Å². The summed E-state index contributed by atoms with van der Waals surface area (Å²) in [6.45, 7) is 12.9. The average Bonchev–Trinajstić information content (AvgIpc) is 1.65. The number of hydrogen-bond donors (Lipinski definition) is 19. The van der Waals surface area contributed by atoms with E-state index >= 15 is 0 Å². The van der Waals surface area contributed by atoms with Crippen molar-refractivity contribution < 1.29 is 154 Å². The number of hydrogen-bond acceptors (Lipinski definition) is 31. The monoisotopic (exact) mass is 1400 g/mol. The lowest BCUT2D eigenvalue weighted by atomic mass is 9.38. The highest BCUT2D eigenvalue weighted by molar-refractivity contribution is 5.32. The molecule has 9 fully saturated rings. The molecule has 37 atom stereocenters. The van der Waals surface area contributed by atoms with Crippen LogP contribution in [0.25, 0.3) is 0 Å². The normalized spacial score (nSPS) is 51.0. The van der Waals surface area contributed by atoms with Crippen LogP contribution in [0, 0.1) is 45.3 Å². The van der Waals surface area contributed by atoms with Gasteiger partial charge in [0.15, 0.2) is 37.7 Å². The Hall–Kier alpha value is -1.50. The summed E-state index contributed by atoms with van der Waals surface area (Å²) in [5.74, 6) is 0.0684. The molecule has 0 aromatic heterocycles. The van der Waals surface area contributed by atoms with E-state index in [0.717, 1.165) is 18.4 Å². The van der Waals surface area contributed by atoms with E-state index in [1.54, 1.807) is 13.8 Å². The highest BCUT2D eigenvalue weighted by atomic mass is 16.8. The molecular weight excluding hydrogens is 1290 g/mol. The standard InChI is InChI=1S/C66H112O31/c1-27(31-15-16-64(6)39-12-10-32-33(66(39,8)40(72)20-65(31,64)7)11-14-41(62(32,2)3)95-60-55(84)51(80)47(76)37(93-60)25-86-57-44(73)34(71)19-30(22-68)90-57)9-13-42(63(4,5)85)96-61-56(97-43-18-28(70)17-29(21-67)89-43)52(81)48(77)38(94-61)26-88-59-54(83)50(79)46(75)36(92-59)24-87-58-53(82)49(78)45(74)35(23-69)91-58/h10,27-31,33-61,67-85H,9,11-26H2,1-8H3/t27?,28-,29-,30-,31?,33+,34-,35+,36+,37+,38+,39-,40+,41-,42+,43-,44+,45+,46+,47+,48+,49-,50-,51-,52-,53+,54+,55+,56+,57+,58+,59+,60-,61-,64-,65+,66-/m0/s1. The number of allylic oxidation sites excluding steroid dienone is 1. The van der Waals surface area contributed by atoms with Crippen molar-refractivity contribution in [3.8, 4) is 0 Å². The van der Waals surface area contributed by atoms with Gasteiger partial charge < -0.3 is 154 Å². The number of aliphatic hydroxyl groups excluding tert-OH is 18. The zero-order valence-electron chi connectivity index (χ0n) is 56.6. The largest absolute Gasteiger partial charge is 0.394 e. The smallest absolute Gasteiger partial charge is 0.187 e. The summed E-state index contributed by atoms with van der Waals surface area (Å²) in [7, 11) is 0. The molecule has 31 heteroatoms. The van der Waals surface area contributed by atoms with E-state index in [1.165, 1.54) is 0 Å². The maximum Gasteiger partial charge on any atom is 0.187 e. The van der Waals surface area contributed by atoms with Crippen LogP contribution in [0.3, 0.4) is 0 Å². The number of ether oxygens (including phenoxy) is 12. The molecule has 3 saturated carbocycles. The third-order valence-electron chi connectivity index (χ3n) is 24.5. The quantitative estimate of drug-likeness (QED) is 0.0429. The molecule has 19 N–H and O–H groups in total. The maximum atomic E-state index is 12.9. The van der Waals surface area contributed by atoms with Crippen molar-refractivity contribution in [3.05, 3.63) is 11.6 Å². The molecule has 0 amide bonds. The average molecular weight is 1400 g/mol. The van der Waals surface area contributed by atoms with Gasteiger partial charge in [-0.1, -0.05) is 53.2 Å². The van der Waals surface area contributed by atoms with Gasteiger partial charge in [0.1, 0.15) is 104 Å². The number of rotatable bonds is 23. The van der Waals surface area contributed by atoms with Crippen LogP contribution in [0.5, 0.6) is 0 Å². The molecule has 562 valence electrons. The molecule has 0 spiro atoms. The van der Waals surface area contributed by atoms with E-state index < -0.39 is 240 Å². The third-order valence-corrected chi connectivity index (χ3v) is 24.5. The summed E-state index contributed by atoms with van der Waals surface area (Å²) in [5, 5.41) is 207. The van der Waals surface area contributed by atoms with Gasteiger partial charge in [-0.15, -0.1) is 0 Å². The van der Waals surface area contributed by atoms with Crippen LogP contribution in [0.4, 0.5) is 0 Å². The zero-order chi connectivity index (χ0) is 70.9. The Balaban J connectivity index is 0.805. The molecule has 6 heterocycles. The van der Waals surface area contributed by atoms with Crippen LogP contribution in [0.1, 0.15) is 126 Å². The molecule has 31 nitrogen and oxygen atoms in total. The van der Waals surface area contributed by atoms with E-state index in [4.69, 9.17) is 56.8 Å². The Labute approximate surface area is 564 Å². The van der Waals surface area contributed by atoms with E-state index in [1.807, 2.05) is 0 Å². The van der Waals surface area contributed by atoms with Gasteiger partial charge in [0.2, 0.25) is 0 Å². The van der Waals surface area contributed by atoms with Gasteiger partial charge in [-0.2, -0.15) is 0 Å². The van der Waals surface area contributed by atoms with Crippen molar-refractivity contribution in [2.24, 2.45) is 45.3 Å². The first kappa shape index (κ1) is 78.1. The Morgan fingerprint density at radius 2 is 1.04 bits per heavy atom. The minimum atomic E-state index is -1.92. The molecule has 97 heavy (non-hydrogen) atoms. The predicted octanol–water partition coefficient (Wildman–Crippen LogP) is -4.50. The van der Waals surface area contributed by atoms with Gasteiger partial charge >= 0.3 is 0 Å². The second kappa shape index (κ2) is 30.9. The second-order valence-electron chi connectivity index (χ2n) is 31.3. The lowest BCUT2D eigenvalue weighted by Crippen LogP contribution is -2.65. The van der Waals surface area contributed by atoms with Crippen LogP contribution < -0.4 is 0 Å². The van der Waals surface area contributed by atoms with Crippen LogP contribution in [-0.4, -0.2) is 327 Å². The van der Waals surface area contributed by atoms with Crippen molar-refractivity contribution in [3.63, 3.8) is 0 Å². The van der Waals surface area contributed by atoms with Crippen molar-refractivity contribution in [1.29, 1.82) is 0 Å². The molecule has 6 saturated heterocycles. The topological polar surface area (TPSA) is 495 Å². The minimum absolute atomic E-state index is 0.0115. The zero-order valence-corrected chi connectivity index (χ0v) is 56.6. The van der Waals surface area contributed by atoms with Crippen LogP contribution in [0.15, 0.2) is 11.6 Å². The Morgan fingerprint density at radius 3 is 1.61 bits per heavy atom. The van der Waals surface area contributed by atoms with Crippen molar-refractivity contribution in [1.82, 2.24) is 0 Å². The summed E-state index contributed by atoms with van der Waals surface area (Å²) in [6.07, 6.45) is -36.4. The van der Waals surface area contributed by atoms with Crippen molar-refractivity contribution >= 4 is 0 Å². The summed E-state index contributed by atoms with van der Waals surface area (Å²) in [5.41, 5.74) is -2.35. The summed E-state index contributed by atoms with van der Waals surface area (Å²) < 4.78 is 71.9. The molecule has 0 aromatic carbocycles. The van der Waals surface area contributed by atoms with E-state index in [0.29, 0.717) is 32.1 Å². The lowest BCUT2D eigenvalue weighted by Gasteiger charge is -2.67. The van der Waals surface area contributed by atoms with Crippen molar-refractivity contribution in [2.45, 2.75) is 316 Å². The number of aliphatic hydroxyl groups is 19. The molecule has 10 rings (SSSR count). The Morgan fingerprint density at radius 1 is 0.526 bits per heavy atom. The second-order valence-corrected chi connectivity index (χ2v) is 31.3. The third kappa shape index (κ3) is 15.2. The van der Waals surface area contributed by atoms with E-state index in [9.17, 15) is 97.0 Å². The van der Waals surface area contributed by atoms with Gasteiger partial charge in [-0.05, 0) is 99.7 Å². The highest BCUT2D eigenvalue weighted by Crippen LogP contribution is 2.75. The molecule has 0 radical (unpaired) electrons. The SMILES string of the molecule is CC(CC[C@@H](O[C@@H]1O[C@H](CO[C@@H]2O[C@H](CO[C@@H]3O[C@H](CO)[C@@H](O)[C@H](O)[C@H]3O)[C@@H](O)[C@H](O)[C@H]2O)[C@@H](O)[C@H](O)[C@H]1O[C@H]1C[C@@H](O)C[C@@H](CO)O1)C(C)(C)O)C1CC[C@@]2(C)[C@@H]3CC=C4[C@@H](CC[C@H](O[C@@H]5O[C@H](CO[C@@H]6O[C@H](CO)C[C@H](O)[C@H]6O)[C@@H](O)[C@H](O)[C@H]5O)C4(C)C)[C@]3(C)[C@H](O)C[C@]12C. The molecule has 2 unspecified atom stereocenters. The van der Waals surface area contributed by atoms with E-state index in [2.05, 4.69) is 47.6 Å². The molecular formula is C66H112O31. The van der Waals surface area contributed by atoms with Gasteiger partial charge in [0.25, 0.3) is 0 Å². The predicted molar refractivity (Wildman–Crippen MR) is 329 cm³/mol. The fraction of sp³-hybridized carbons (Fsp3) is 0.970. The number of fused-ring (bicyclic) bond motifs is 5. The van der Waals surface area contributed by atoms with Crippen LogP contribution >= 0.6 is 0 Å². The molecule has 10 aliphatic rings. The van der Waals surface area contributed by atoms with Gasteiger partial charge in [-0.25, -0.2) is 0 Å². The first-order valence-electron chi connectivity index (χ1n) is 34.7. The van der Waals surface area contributed by atoms with E-state index in [-0.39, 0.29) is 60.2 Å². The molecule has 4 aliphatic carbocycles. The van der Waals surface area contributed by atoms with Crippen molar-refractivity contribution in [2.75, 3.05) is 39.6 Å². The minimum Gasteiger partial charge on any atom is -0.394 e. The Bertz CT molecular complexity index is 2570. The van der Waals surface area contributed by atoms with Crippen LogP contribution in [-0.2, 0) is 56.8 Å².